The molecule has 0 amide bonds. The molecule has 2 rings (SSSR count). The molecule has 1 aliphatic carbocycles. The standard InChI is InChI=1S/C14H22O3/c1-9(2)11-5-4-10(3)8-12(11)16-14-7-6-13(15)17-14/h6-7,9-12,14H,4-5,8H2,1-3H3/t10-,11-,12+,14-/m1/s1. The summed E-state index contributed by atoms with van der Waals surface area (Å²) in [5.41, 5.74) is 0. The maximum absolute atomic E-state index is 11.0. The van der Waals surface area contributed by atoms with Crippen molar-refractivity contribution >= 4 is 5.97 Å². The first kappa shape index (κ1) is 12.6. The van der Waals surface area contributed by atoms with Crippen molar-refractivity contribution in [1.82, 2.24) is 0 Å². The first-order valence-electron chi connectivity index (χ1n) is 6.60. The van der Waals surface area contributed by atoms with E-state index >= 15 is 0 Å². The molecule has 3 heteroatoms. The van der Waals surface area contributed by atoms with Gasteiger partial charge >= 0.3 is 5.97 Å². The average molecular weight is 238 g/mol. The molecule has 2 aliphatic rings. The number of esters is 1. The molecule has 0 bridgehead atoms. The smallest absolute Gasteiger partial charge is 0.333 e. The number of ether oxygens (including phenoxy) is 2. The van der Waals surface area contributed by atoms with Crippen molar-refractivity contribution in [3.05, 3.63) is 12.2 Å². The Balaban J connectivity index is 1.95. The Bertz CT molecular complexity index is 309. The summed E-state index contributed by atoms with van der Waals surface area (Å²) < 4.78 is 11.0. The van der Waals surface area contributed by atoms with Gasteiger partial charge in [-0.05, 0) is 36.7 Å². The average Bonchev–Trinajstić information content (AvgIpc) is 2.63. The molecule has 0 aromatic rings. The predicted octanol–water partition coefficient (Wildman–Crippen LogP) is 2.90. The highest BCUT2D eigenvalue weighted by molar-refractivity contribution is 5.84. The first-order chi connectivity index (χ1) is 8.06. The summed E-state index contributed by atoms with van der Waals surface area (Å²) in [6, 6.07) is 0. The van der Waals surface area contributed by atoms with Crippen LogP contribution in [0.3, 0.4) is 0 Å². The Kier molecular flexibility index (Phi) is 3.87. The van der Waals surface area contributed by atoms with Gasteiger partial charge in [-0.1, -0.05) is 27.2 Å². The van der Waals surface area contributed by atoms with Crippen LogP contribution in [0.5, 0.6) is 0 Å². The van der Waals surface area contributed by atoms with Crippen LogP contribution < -0.4 is 0 Å². The van der Waals surface area contributed by atoms with E-state index in [1.807, 2.05) is 0 Å². The molecule has 0 unspecified atom stereocenters. The lowest BCUT2D eigenvalue weighted by atomic mass is 9.75. The summed E-state index contributed by atoms with van der Waals surface area (Å²) in [6.45, 7) is 6.75. The number of cyclic esters (lactones) is 1. The summed E-state index contributed by atoms with van der Waals surface area (Å²) >= 11 is 0. The van der Waals surface area contributed by atoms with Crippen molar-refractivity contribution in [2.75, 3.05) is 0 Å². The first-order valence-corrected chi connectivity index (χ1v) is 6.60. The molecule has 1 saturated carbocycles. The summed E-state index contributed by atoms with van der Waals surface area (Å²) in [6.07, 6.45) is 6.49. The molecule has 0 spiro atoms. The Morgan fingerprint density at radius 1 is 1.41 bits per heavy atom. The highest BCUT2D eigenvalue weighted by Crippen LogP contribution is 2.36. The van der Waals surface area contributed by atoms with E-state index in [-0.39, 0.29) is 12.1 Å². The van der Waals surface area contributed by atoms with Gasteiger partial charge in [0, 0.05) is 6.08 Å². The van der Waals surface area contributed by atoms with E-state index in [0.29, 0.717) is 17.8 Å². The fourth-order valence-electron chi connectivity index (χ4n) is 2.87. The second-order valence-corrected chi connectivity index (χ2v) is 5.67. The normalized spacial score (nSPS) is 37.5. The van der Waals surface area contributed by atoms with Gasteiger partial charge in [0.2, 0.25) is 6.29 Å². The number of rotatable bonds is 3. The van der Waals surface area contributed by atoms with E-state index in [1.165, 1.54) is 18.9 Å². The van der Waals surface area contributed by atoms with Crippen molar-refractivity contribution in [2.45, 2.75) is 52.4 Å². The molecule has 17 heavy (non-hydrogen) atoms. The Labute approximate surface area is 103 Å². The van der Waals surface area contributed by atoms with Gasteiger partial charge in [-0.3, -0.25) is 0 Å². The third-order valence-electron chi connectivity index (χ3n) is 3.89. The molecule has 0 radical (unpaired) electrons. The van der Waals surface area contributed by atoms with Gasteiger partial charge in [-0.15, -0.1) is 0 Å². The molecule has 0 aromatic heterocycles. The fourth-order valence-corrected chi connectivity index (χ4v) is 2.87. The highest BCUT2D eigenvalue weighted by Gasteiger charge is 2.34. The third kappa shape index (κ3) is 3.09. The lowest BCUT2D eigenvalue weighted by Gasteiger charge is -2.37. The molecule has 1 fully saturated rings. The van der Waals surface area contributed by atoms with Gasteiger partial charge in [0.1, 0.15) is 0 Å². The van der Waals surface area contributed by atoms with Gasteiger partial charge in [-0.2, -0.15) is 0 Å². The lowest BCUT2D eigenvalue weighted by Crippen LogP contribution is -2.36. The van der Waals surface area contributed by atoms with Crippen LogP contribution in [0, 0.1) is 17.8 Å². The van der Waals surface area contributed by atoms with Crippen LogP contribution in [0.15, 0.2) is 12.2 Å². The topological polar surface area (TPSA) is 35.5 Å². The zero-order valence-corrected chi connectivity index (χ0v) is 10.9. The number of hydrogen-bond donors (Lipinski definition) is 0. The van der Waals surface area contributed by atoms with Crippen LogP contribution in [-0.4, -0.2) is 18.4 Å². The van der Waals surface area contributed by atoms with E-state index < -0.39 is 6.29 Å². The molecule has 3 nitrogen and oxygen atoms in total. The van der Waals surface area contributed by atoms with Crippen molar-refractivity contribution < 1.29 is 14.3 Å². The molecule has 0 saturated heterocycles. The second kappa shape index (κ2) is 5.21. The second-order valence-electron chi connectivity index (χ2n) is 5.67. The van der Waals surface area contributed by atoms with Crippen LogP contribution in [-0.2, 0) is 14.3 Å². The maximum atomic E-state index is 11.0. The van der Waals surface area contributed by atoms with E-state index in [1.54, 1.807) is 6.08 Å². The van der Waals surface area contributed by atoms with Crippen molar-refractivity contribution in [3.63, 3.8) is 0 Å². The lowest BCUT2D eigenvalue weighted by molar-refractivity contribution is -0.178. The molecule has 0 N–H and O–H groups in total. The van der Waals surface area contributed by atoms with Crippen LogP contribution in [0.2, 0.25) is 0 Å². The zero-order valence-electron chi connectivity index (χ0n) is 10.9. The highest BCUT2D eigenvalue weighted by atomic mass is 16.7. The molecule has 1 aliphatic heterocycles. The minimum atomic E-state index is -0.459. The van der Waals surface area contributed by atoms with E-state index in [9.17, 15) is 4.79 Å². The molecular weight excluding hydrogens is 216 g/mol. The summed E-state index contributed by atoms with van der Waals surface area (Å²) in [7, 11) is 0. The number of carbonyl (C=O) groups is 1. The molecule has 96 valence electrons. The van der Waals surface area contributed by atoms with Crippen LogP contribution in [0.1, 0.15) is 40.0 Å². The summed E-state index contributed by atoms with van der Waals surface area (Å²) in [5.74, 6) is 1.61. The van der Waals surface area contributed by atoms with Gasteiger partial charge in [0.25, 0.3) is 0 Å². The van der Waals surface area contributed by atoms with Crippen LogP contribution >= 0.6 is 0 Å². The van der Waals surface area contributed by atoms with Crippen molar-refractivity contribution in [3.8, 4) is 0 Å². The Morgan fingerprint density at radius 3 is 2.76 bits per heavy atom. The van der Waals surface area contributed by atoms with Crippen LogP contribution in [0.4, 0.5) is 0 Å². The van der Waals surface area contributed by atoms with Crippen molar-refractivity contribution in [2.24, 2.45) is 17.8 Å². The monoisotopic (exact) mass is 238 g/mol. The van der Waals surface area contributed by atoms with Crippen LogP contribution in [0.25, 0.3) is 0 Å². The largest absolute Gasteiger partial charge is 0.429 e. The Morgan fingerprint density at radius 2 is 2.18 bits per heavy atom. The minimum Gasteiger partial charge on any atom is -0.429 e. The third-order valence-corrected chi connectivity index (χ3v) is 3.89. The van der Waals surface area contributed by atoms with Gasteiger partial charge in [0.05, 0.1) is 6.10 Å². The zero-order chi connectivity index (χ0) is 12.4. The molecule has 1 heterocycles. The van der Waals surface area contributed by atoms with Gasteiger partial charge in [-0.25, -0.2) is 4.79 Å². The predicted molar refractivity (Wildman–Crippen MR) is 65.2 cm³/mol. The van der Waals surface area contributed by atoms with Gasteiger partial charge < -0.3 is 9.47 Å². The minimum absolute atomic E-state index is 0.222. The SMILES string of the molecule is CC(C)[C@H]1CC[C@@H](C)C[C@@H]1O[C@H]1C=CC(=O)O1. The summed E-state index contributed by atoms with van der Waals surface area (Å²) in [5, 5.41) is 0. The maximum Gasteiger partial charge on any atom is 0.333 e. The quantitative estimate of drug-likeness (QED) is 0.709. The van der Waals surface area contributed by atoms with E-state index in [0.717, 1.165) is 6.42 Å². The number of carbonyl (C=O) groups excluding carboxylic acids is 1. The summed E-state index contributed by atoms with van der Waals surface area (Å²) in [4.78, 5) is 11.0. The molecular formula is C14H22O3. The molecule has 0 aromatic carbocycles. The number of hydrogen-bond acceptors (Lipinski definition) is 3. The molecule has 4 atom stereocenters. The van der Waals surface area contributed by atoms with E-state index in [2.05, 4.69) is 20.8 Å². The van der Waals surface area contributed by atoms with E-state index in [4.69, 9.17) is 9.47 Å². The van der Waals surface area contributed by atoms with Crippen molar-refractivity contribution in [1.29, 1.82) is 0 Å². The van der Waals surface area contributed by atoms with Gasteiger partial charge in [0.15, 0.2) is 0 Å². The fraction of sp³-hybridized carbons (Fsp3) is 0.786. The Hall–Kier alpha value is -0.830.